The average molecular weight is 314 g/mol. The highest BCUT2D eigenvalue weighted by Gasteiger charge is 2.15. The molecule has 0 saturated heterocycles. The van der Waals surface area contributed by atoms with Crippen molar-refractivity contribution in [3.8, 4) is 0 Å². The fourth-order valence-electron chi connectivity index (χ4n) is 2.04. The molecule has 0 aliphatic carbocycles. The first kappa shape index (κ1) is 16.2. The molecule has 0 atom stereocenters. The molecule has 23 heavy (non-hydrogen) atoms. The third kappa shape index (κ3) is 4.37. The second-order valence-corrected chi connectivity index (χ2v) is 4.84. The first-order chi connectivity index (χ1) is 11.0. The molecular weight excluding hydrogens is 300 g/mol. The maximum absolute atomic E-state index is 11.9. The number of nitrogens with zero attached hydrogens (tertiary/aromatic N) is 1. The number of hydrogen-bond donors (Lipinski definition) is 2. The van der Waals surface area contributed by atoms with Crippen LogP contribution in [0, 0.1) is 10.1 Å². The summed E-state index contributed by atoms with van der Waals surface area (Å²) in [5.74, 6) is -1.36. The quantitative estimate of drug-likeness (QED) is 0.627. The van der Waals surface area contributed by atoms with Gasteiger partial charge in [0.1, 0.15) is 0 Å². The van der Waals surface area contributed by atoms with Gasteiger partial charge in [0, 0.05) is 18.2 Å². The Morgan fingerprint density at radius 2 is 1.74 bits per heavy atom. The van der Waals surface area contributed by atoms with Crippen molar-refractivity contribution in [1.29, 1.82) is 0 Å². The molecule has 0 aliphatic rings. The second kappa shape index (κ2) is 7.17. The van der Waals surface area contributed by atoms with Crippen LogP contribution in [-0.2, 0) is 17.8 Å². The summed E-state index contributed by atoms with van der Waals surface area (Å²) in [6.07, 6.45) is -0.0929. The van der Waals surface area contributed by atoms with Crippen LogP contribution in [0.5, 0.6) is 0 Å². The van der Waals surface area contributed by atoms with Crippen molar-refractivity contribution < 1.29 is 19.6 Å². The van der Waals surface area contributed by atoms with Crippen LogP contribution in [0.25, 0.3) is 0 Å². The van der Waals surface area contributed by atoms with E-state index in [9.17, 15) is 19.7 Å². The predicted molar refractivity (Wildman–Crippen MR) is 82.0 cm³/mol. The van der Waals surface area contributed by atoms with Crippen molar-refractivity contribution in [3.05, 3.63) is 75.3 Å². The lowest BCUT2D eigenvalue weighted by atomic mass is 10.1. The van der Waals surface area contributed by atoms with Gasteiger partial charge in [-0.25, -0.2) is 4.79 Å². The van der Waals surface area contributed by atoms with Crippen LogP contribution in [0.3, 0.4) is 0 Å². The summed E-state index contributed by atoms with van der Waals surface area (Å²) in [5.41, 5.74) is 1.16. The molecular formula is C16H14N2O5. The number of carbonyl (C=O) groups excluding carboxylic acids is 1. The summed E-state index contributed by atoms with van der Waals surface area (Å²) in [4.78, 5) is 33.0. The van der Waals surface area contributed by atoms with E-state index < -0.39 is 10.9 Å². The Morgan fingerprint density at radius 1 is 1.09 bits per heavy atom. The van der Waals surface area contributed by atoms with Gasteiger partial charge in [0.05, 0.1) is 16.9 Å². The minimum absolute atomic E-state index is 0.0894. The number of carbonyl (C=O) groups is 2. The molecule has 2 aromatic rings. The molecule has 0 saturated carbocycles. The van der Waals surface area contributed by atoms with Crippen LogP contribution in [0.4, 0.5) is 5.69 Å². The minimum Gasteiger partial charge on any atom is -0.478 e. The van der Waals surface area contributed by atoms with E-state index in [0.29, 0.717) is 5.56 Å². The van der Waals surface area contributed by atoms with E-state index in [1.807, 2.05) is 0 Å². The van der Waals surface area contributed by atoms with Gasteiger partial charge >= 0.3 is 5.97 Å². The number of nitro groups is 1. The molecule has 2 rings (SSSR count). The maximum Gasteiger partial charge on any atom is 0.335 e. The van der Waals surface area contributed by atoms with Crippen LogP contribution >= 0.6 is 0 Å². The smallest absolute Gasteiger partial charge is 0.335 e. The molecule has 0 spiro atoms. The summed E-state index contributed by atoms with van der Waals surface area (Å²) >= 11 is 0. The Balaban J connectivity index is 1.95. The van der Waals surface area contributed by atoms with E-state index in [1.165, 1.54) is 18.2 Å². The van der Waals surface area contributed by atoms with Crippen LogP contribution in [0.1, 0.15) is 21.5 Å². The first-order valence-electron chi connectivity index (χ1n) is 6.78. The fraction of sp³-hybridized carbons (Fsp3) is 0.125. The summed E-state index contributed by atoms with van der Waals surface area (Å²) in [7, 11) is 0. The normalized spacial score (nSPS) is 10.1. The summed E-state index contributed by atoms with van der Waals surface area (Å²) < 4.78 is 0. The highest BCUT2D eigenvalue weighted by Crippen LogP contribution is 2.18. The van der Waals surface area contributed by atoms with Crippen molar-refractivity contribution >= 4 is 17.6 Å². The van der Waals surface area contributed by atoms with Gasteiger partial charge in [-0.15, -0.1) is 0 Å². The molecule has 0 fully saturated rings. The summed E-state index contributed by atoms with van der Waals surface area (Å²) in [5, 5.41) is 22.4. The topological polar surface area (TPSA) is 110 Å². The Bertz CT molecular complexity index is 740. The van der Waals surface area contributed by atoms with Crippen molar-refractivity contribution in [3.63, 3.8) is 0 Å². The monoisotopic (exact) mass is 314 g/mol. The zero-order valence-corrected chi connectivity index (χ0v) is 12.1. The number of rotatable bonds is 6. The van der Waals surface area contributed by atoms with Crippen molar-refractivity contribution in [2.24, 2.45) is 0 Å². The fourth-order valence-corrected chi connectivity index (χ4v) is 2.04. The Hall–Kier alpha value is -3.22. The molecule has 1 amide bonds. The molecule has 118 valence electrons. The standard InChI is InChI=1S/C16H14N2O5/c19-15(9-13-3-1-2-4-14(13)18(22)23)17-10-11-5-7-12(8-6-11)16(20)21/h1-8H,9-10H2,(H,17,19)(H,20,21). The van der Waals surface area contributed by atoms with E-state index in [1.54, 1.807) is 30.3 Å². The average Bonchev–Trinajstić information content (AvgIpc) is 2.53. The number of nitrogens with one attached hydrogen (secondary N) is 1. The largest absolute Gasteiger partial charge is 0.478 e. The number of amides is 1. The minimum atomic E-state index is -1.02. The Labute approximate surface area is 131 Å². The Morgan fingerprint density at radius 3 is 2.35 bits per heavy atom. The van der Waals surface area contributed by atoms with Gasteiger partial charge in [0.2, 0.25) is 5.91 Å². The Kier molecular flexibility index (Phi) is 5.03. The van der Waals surface area contributed by atoms with Crippen molar-refractivity contribution in [1.82, 2.24) is 5.32 Å². The number of carboxylic acid groups (broad SMARTS) is 1. The molecule has 7 heteroatoms. The molecule has 2 N–H and O–H groups in total. The van der Waals surface area contributed by atoms with Gasteiger partial charge < -0.3 is 10.4 Å². The highest BCUT2D eigenvalue weighted by atomic mass is 16.6. The molecule has 7 nitrogen and oxygen atoms in total. The van der Waals surface area contributed by atoms with E-state index in [-0.39, 0.29) is 30.1 Å². The molecule has 0 aliphatic heterocycles. The van der Waals surface area contributed by atoms with Crippen LogP contribution in [-0.4, -0.2) is 21.9 Å². The maximum atomic E-state index is 11.9. The van der Waals surface area contributed by atoms with Gasteiger partial charge in [-0.3, -0.25) is 14.9 Å². The number of carboxylic acids is 1. The third-order valence-electron chi connectivity index (χ3n) is 3.23. The SMILES string of the molecule is O=C(Cc1ccccc1[N+](=O)[O-])NCc1ccc(C(=O)O)cc1. The number of nitro benzene ring substituents is 1. The van der Waals surface area contributed by atoms with E-state index in [2.05, 4.69) is 5.32 Å². The van der Waals surface area contributed by atoms with Crippen LogP contribution < -0.4 is 5.32 Å². The second-order valence-electron chi connectivity index (χ2n) is 4.84. The molecule has 0 aromatic heterocycles. The van der Waals surface area contributed by atoms with Gasteiger partial charge in [-0.1, -0.05) is 30.3 Å². The number of para-hydroxylation sites is 1. The summed E-state index contributed by atoms with van der Waals surface area (Å²) in [6, 6.07) is 12.2. The lowest BCUT2D eigenvalue weighted by Crippen LogP contribution is -2.24. The number of benzene rings is 2. The molecule has 0 radical (unpaired) electrons. The predicted octanol–water partition coefficient (Wildman–Crippen LogP) is 2.15. The van der Waals surface area contributed by atoms with Crippen LogP contribution in [0.15, 0.2) is 48.5 Å². The lowest BCUT2D eigenvalue weighted by molar-refractivity contribution is -0.385. The zero-order chi connectivity index (χ0) is 16.8. The molecule has 0 heterocycles. The van der Waals surface area contributed by atoms with E-state index in [4.69, 9.17) is 5.11 Å². The molecule has 0 bridgehead atoms. The van der Waals surface area contributed by atoms with Gasteiger partial charge in [-0.2, -0.15) is 0 Å². The lowest BCUT2D eigenvalue weighted by Gasteiger charge is -2.06. The van der Waals surface area contributed by atoms with Gasteiger partial charge in [-0.05, 0) is 17.7 Å². The van der Waals surface area contributed by atoms with Gasteiger partial charge in [0.25, 0.3) is 5.69 Å². The highest BCUT2D eigenvalue weighted by molar-refractivity contribution is 5.87. The van der Waals surface area contributed by atoms with Crippen molar-refractivity contribution in [2.45, 2.75) is 13.0 Å². The van der Waals surface area contributed by atoms with Crippen LogP contribution in [0.2, 0.25) is 0 Å². The van der Waals surface area contributed by atoms with Crippen molar-refractivity contribution in [2.75, 3.05) is 0 Å². The van der Waals surface area contributed by atoms with E-state index >= 15 is 0 Å². The number of hydrogen-bond acceptors (Lipinski definition) is 4. The zero-order valence-electron chi connectivity index (χ0n) is 12.1. The third-order valence-corrected chi connectivity index (χ3v) is 3.23. The number of aromatic carboxylic acids is 1. The molecule has 0 unspecified atom stereocenters. The summed E-state index contributed by atoms with van der Waals surface area (Å²) in [6.45, 7) is 0.222. The molecule has 2 aromatic carbocycles. The van der Waals surface area contributed by atoms with E-state index in [0.717, 1.165) is 5.56 Å². The first-order valence-corrected chi connectivity index (χ1v) is 6.78. The van der Waals surface area contributed by atoms with Gasteiger partial charge in [0.15, 0.2) is 0 Å².